The summed E-state index contributed by atoms with van der Waals surface area (Å²) >= 11 is 6.02. The average molecular weight is 383 g/mol. The van der Waals surface area contributed by atoms with Crippen LogP contribution in [0.4, 0.5) is 0 Å². The highest BCUT2D eigenvalue weighted by Gasteiger charge is 2.38. The van der Waals surface area contributed by atoms with Crippen LogP contribution in [0.15, 0.2) is 36.9 Å². The Labute approximate surface area is 158 Å². The molecule has 4 nitrogen and oxygen atoms in total. The Kier molecular flexibility index (Phi) is 7.66. The number of hydrogen-bond acceptors (Lipinski definition) is 2. The lowest BCUT2D eigenvalue weighted by atomic mass is 9.85. The van der Waals surface area contributed by atoms with Crippen LogP contribution in [0.3, 0.4) is 0 Å². The van der Waals surface area contributed by atoms with Gasteiger partial charge in [0.25, 0.3) is 0 Å². The van der Waals surface area contributed by atoms with Crippen LogP contribution in [0.1, 0.15) is 44.2 Å². The van der Waals surface area contributed by atoms with Gasteiger partial charge in [-0.15, -0.1) is 6.58 Å². The second kappa shape index (κ2) is 9.51. The maximum Gasteiger partial charge on any atom is 0.226 e. The largest absolute Gasteiger partial charge is 0.331 e. The second-order valence-corrected chi connectivity index (χ2v) is 8.11. The molecule has 0 saturated carbocycles. The SMILES string of the molecule is C=CCC1CCC(c2ccc(Cl)cc2)N(C(CC)CNS(C)=O)C1=O. The molecule has 1 amide bonds. The molecule has 1 aliphatic rings. The van der Waals surface area contributed by atoms with Gasteiger partial charge >= 0.3 is 0 Å². The van der Waals surface area contributed by atoms with Gasteiger partial charge in [-0.25, -0.2) is 8.93 Å². The van der Waals surface area contributed by atoms with Gasteiger partial charge in [0.15, 0.2) is 0 Å². The number of benzene rings is 1. The summed E-state index contributed by atoms with van der Waals surface area (Å²) in [6, 6.07) is 7.77. The highest BCUT2D eigenvalue weighted by atomic mass is 35.5. The molecule has 0 bridgehead atoms. The number of halogens is 1. The van der Waals surface area contributed by atoms with Crippen molar-refractivity contribution in [2.75, 3.05) is 12.8 Å². The number of nitrogens with zero attached hydrogens (tertiary/aromatic N) is 1. The van der Waals surface area contributed by atoms with E-state index in [4.69, 9.17) is 11.6 Å². The molecule has 0 aliphatic carbocycles. The van der Waals surface area contributed by atoms with Gasteiger partial charge in [-0.3, -0.25) is 4.79 Å². The molecule has 1 heterocycles. The average Bonchev–Trinajstić information content (AvgIpc) is 2.59. The van der Waals surface area contributed by atoms with Crippen molar-refractivity contribution >= 4 is 28.5 Å². The van der Waals surface area contributed by atoms with Crippen LogP contribution in [0.5, 0.6) is 0 Å². The Hall–Kier alpha value is -1.17. The van der Waals surface area contributed by atoms with Crippen molar-refractivity contribution in [2.45, 2.75) is 44.7 Å². The lowest BCUT2D eigenvalue weighted by Crippen LogP contribution is -2.52. The van der Waals surface area contributed by atoms with Crippen LogP contribution in [-0.2, 0) is 15.8 Å². The first kappa shape index (κ1) is 20.1. The van der Waals surface area contributed by atoms with Gasteiger partial charge in [0, 0.05) is 29.8 Å². The number of piperidine rings is 1. The zero-order valence-electron chi connectivity index (χ0n) is 14.9. The van der Waals surface area contributed by atoms with Crippen LogP contribution in [0, 0.1) is 5.92 Å². The molecule has 2 rings (SSSR count). The number of carbonyl (C=O) groups excluding carboxylic acids is 1. The summed E-state index contributed by atoms with van der Waals surface area (Å²) in [6.07, 6.45) is 6.72. The number of allylic oxidation sites excluding steroid dienone is 1. The van der Waals surface area contributed by atoms with Crippen molar-refractivity contribution in [3.8, 4) is 0 Å². The van der Waals surface area contributed by atoms with Crippen molar-refractivity contribution in [1.82, 2.24) is 9.62 Å². The Balaban J connectivity index is 2.31. The number of carbonyl (C=O) groups is 1. The van der Waals surface area contributed by atoms with Gasteiger partial charge in [0.2, 0.25) is 5.91 Å². The number of amides is 1. The molecular weight excluding hydrogens is 356 g/mol. The van der Waals surface area contributed by atoms with Crippen LogP contribution in [-0.4, -0.2) is 33.9 Å². The fourth-order valence-corrected chi connectivity index (χ4v) is 4.06. The minimum atomic E-state index is -1.10. The molecule has 6 heteroatoms. The van der Waals surface area contributed by atoms with Gasteiger partial charge in [0.1, 0.15) is 0 Å². The van der Waals surface area contributed by atoms with Crippen LogP contribution >= 0.6 is 11.6 Å². The summed E-state index contributed by atoms with van der Waals surface area (Å²) in [5, 5.41) is 0.692. The molecule has 0 spiro atoms. The van der Waals surface area contributed by atoms with Gasteiger partial charge < -0.3 is 4.90 Å². The van der Waals surface area contributed by atoms with E-state index >= 15 is 0 Å². The summed E-state index contributed by atoms with van der Waals surface area (Å²) in [7, 11) is -1.10. The Morgan fingerprint density at radius 2 is 2.08 bits per heavy atom. The molecule has 1 aliphatic heterocycles. The minimum Gasteiger partial charge on any atom is -0.331 e. The third-order valence-electron chi connectivity index (χ3n) is 4.82. The lowest BCUT2D eigenvalue weighted by molar-refractivity contribution is -0.145. The number of rotatable bonds is 8. The van der Waals surface area contributed by atoms with Crippen LogP contribution in [0.2, 0.25) is 5.02 Å². The zero-order valence-corrected chi connectivity index (χ0v) is 16.5. The second-order valence-electron chi connectivity index (χ2n) is 6.48. The van der Waals surface area contributed by atoms with E-state index in [2.05, 4.69) is 18.2 Å². The third-order valence-corrected chi connectivity index (χ3v) is 5.65. The summed E-state index contributed by atoms with van der Waals surface area (Å²) in [5.74, 6) is 0.156. The molecule has 0 aromatic heterocycles. The quantitative estimate of drug-likeness (QED) is 0.694. The first-order valence-electron chi connectivity index (χ1n) is 8.73. The summed E-state index contributed by atoms with van der Waals surface area (Å²) in [5.41, 5.74) is 1.10. The number of nitrogens with one attached hydrogen (secondary N) is 1. The van der Waals surface area contributed by atoms with Gasteiger partial charge in [-0.1, -0.05) is 36.7 Å². The fraction of sp³-hybridized carbons (Fsp3) is 0.526. The van der Waals surface area contributed by atoms with Crippen molar-refractivity contribution in [3.05, 3.63) is 47.5 Å². The van der Waals surface area contributed by atoms with E-state index in [0.717, 1.165) is 24.8 Å². The van der Waals surface area contributed by atoms with E-state index in [-0.39, 0.29) is 23.9 Å². The summed E-state index contributed by atoms with van der Waals surface area (Å²) in [4.78, 5) is 15.2. The first-order chi connectivity index (χ1) is 12.0. The highest BCUT2D eigenvalue weighted by molar-refractivity contribution is 7.82. The smallest absolute Gasteiger partial charge is 0.226 e. The third kappa shape index (κ3) is 5.16. The van der Waals surface area contributed by atoms with Crippen molar-refractivity contribution < 1.29 is 9.00 Å². The van der Waals surface area contributed by atoms with E-state index < -0.39 is 11.0 Å². The lowest BCUT2D eigenvalue weighted by Gasteiger charge is -2.44. The van der Waals surface area contributed by atoms with Gasteiger partial charge in [-0.05, 0) is 43.4 Å². The Morgan fingerprint density at radius 1 is 1.40 bits per heavy atom. The number of likely N-dealkylation sites (tertiary alicyclic amines) is 1. The predicted octanol–water partition coefficient (Wildman–Crippen LogP) is 3.86. The molecular formula is C19H27ClN2O2S. The normalized spacial score (nSPS) is 23.3. The van der Waals surface area contributed by atoms with E-state index in [0.29, 0.717) is 18.0 Å². The fourth-order valence-electron chi connectivity index (χ4n) is 3.51. The zero-order chi connectivity index (χ0) is 18.4. The van der Waals surface area contributed by atoms with E-state index in [1.54, 1.807) is 6.26 Å². The van der Waals surface area contributed by atoms with Crippen molar-refractivity contribution in [1.29, 1.82) is 0 Å². The molecule has 1 fully saturated rings. The molecule has 25 heavy (non-hydrogen) atoms. The van der Waals surface area contributed by atoms with Gasteiger partial charge in [-0.2, -0.15) is 0 Å². The van der Waals surface area contributed by atoms with Crippen molar-refractivity contribution in [3.63, 3.8) is 0 Å². The molecule has 1 N–H and O–H groups in total. The van der Waals surface area contributed by atoms with Crippen LogP contribution in [0.25, 0.3) is 0 Å². The van der Waals surface area contributed by atoms with E-state index in [1.165, 1.54) is 0 Å². The molecule has 1 aromatic carbocycles. The van der Waals surface area contributed by atoms with Gasteiger partial charge in [0.05, 0.1) is 17.0 Å². The topological polar surface area (TPSA) is 49.4 Å². The molecule has 138 valence electrons. The van der Waals surface area contributed by atoms with E-state index in [1.807, 2.05) is 35.2 Å². The molecule has 4 atom stereocenters. The monoisotopic (exact) mass is 382 g/mol. The Bertz CT molecular complexity index is 620. The summed E-state index contributed by atoms with van der Waals surface area (Å²) in [6.45, 7) is 6.38. The van der Waals surface area contributed by atoms with Crippen LogP contribution < -0.4 is 4.72 Å². The summed E-state index contributed by atoms with van der Waals surface area (Å²) < 4.78 is 14.4. The first-order valence-corrected chi connectivity index (χ1v) is 10.7. The molecule has 1 aromatic rings. The Morgan fingerprint density at radius 3 is 2.64 bits per heavy atom. The molecule has 1 saturated heterocycles. The highest BCUT2D eigenvalue weighted by Crippen LogP contribution is 2.37. The molecule has 0 radical (unpaired) electrons. The minimum absolute atomic E-state index is 0.00435. The standard InChI is InChI=1S/C19H27ClN2O2S/c1-4-6-15-9-12-18(14-7-10-16(20)11-8-14)22(19(15)23)17(5-2)13-21-25(3)24/h4,7-8,10-11,15,17-18,21H,1,5-6,9,12-13H2,2-3H3. The van der Waals surface area contributed by atoms with Crippen molar-refractivity contribution in [2.24, 2.45) is 5.92 Å². The maximum absolute atomic E-state index is 13.2. The maximum atomic E-state index is 13.2. The molecule has 4 unspecified atom stereocenters. The number of hydrogen-bond donors (Lipinski definition) is 1. The van der Waals surface area contributed by atoms with E-state index in [9.17, 15) is 9.00 Å². The predicted molar refractivity (Wildman–Crippen MR) is 105 cm³/mol.